The molecular formula is C14H31Cl2N3O. The minimum atomic E-state index is 0. The van der Waals surface area contributed by atoms with E-state index in [0.717, 1.165) is 44.7 Å². The van der Waals surface area contributed by atoms with Crippen molar-refractivity contribution in [1.29, 1.82) is 0 Å². The largest absolute Gasteiger partial charge is 0.355 e. The number of rotatable bonds is 10. The molecule has 0 aromatic carbocycles. The van der Waals surface area contributed by atoms with E-state index in [1.165, 1.54) is 12.8 Å². The van der Waals surface area contributed by atoms with Crippen molar-refractivity contribution >= 4 is 30.7 Å². The van der Waals surface area contributed by atoms with Crippen LogP contribution in [-0.4, -0.2) is 44.0 Å². The number of halogens is 2. The molecule has 0 aromatic heterocycles. The van der Waals surface area contributed by atoms with Crippen LogP contribution in [0.3, 0.4) is 0 Å². The molecule has 1 aliphatic rings. The van der Waals surface area contributed by atoms with Gasteiger partial charge in [0.2, 0.25) is 5.91 Å². The van der Waals surface area contributed by atoms with Crippen molar-refractivity contribution < 1.29 is 4.79 Å². The summed E-state index contributed by atoms with van der Waals surface area (Å²) >= 11 is 0. The molecular weight excluding hydrogens is 297 g/mol. The SMILES string of the molecule is CN(C)C(CNC(=O)CCCCCCN)C1CC1.Cl.Cl. The minimum Gasteiger partial charge on any atom is -0.355 e. The van der Waals surface area contributed by atoms with Gasteiger partial charge < -0.3 is 16.0 Å². The highest BCUT2D eigenvalue weighted by Crippen LogP contribution is 2.34. The molecule has 1 saturated carbocycles. The van der Waals surface area contributed by atoms with Gasteiger partial charge in [0, 0.05) is 19.0 Å². The summed E-state index contributed by atoms with van der Waals surface area (Å²) in [7, 11) is 4.20. The van der Waals surface area contributed by atoms with Crippen molar-refractivity contribution in [3.05, 3.63) is 0 Å². The van der Waals surface area contributed by atoms with E-state index >= 15 is 0 Å². The third kappa shape index (κ3) is 9.81. The van der Waals surface area contributed by atoms with E-state index in [2.05, 4.69) is 24.3 Å². The second-order valence-corrected chi connectivity index (χ2v) is 5.63. The minimum absolute atomic E-state index is 0. The average molecular weight is 328 g/mol. The molecule has 3 N–H and O–H groups in total. The lowest BCUT2D eigenvalue weighted by atomic mass is 10.1. The molecule has 0 aromatic rings. The molecule has 4 nitrogen and oxygen atoms in total. The van der Waals surface area contributed by atoms with Crippen LogP contribution in [0.4, 0.5) is 0 Å². The molecule has 1 unspecified atom stereocenters. The van der Waals surface area contributed by atoms with E-state index in [0.29, 0.717) is 12.5 Å². The van der Waals surface area contributed by atoms with Crippen LogP contribution in [0, 0.1) is 5.92 Å². The predicted octanol–water partition coefficient (Wildman–Crippen LogP) is 2.20. The van der Waals surface area contributed by atoms with Gasteiger partial charge in [-0.1, -0.05) is 12.8 Å². The normalized spacial score (nSPS) is 15.2. The zero-order chi connectivity index (χ0) is 13.4. The molecule has 0 saturated heterocycles. The van der Waals surface area contributed by atoms with E-state index in [4.69, 9.17) is 5.73 Å². The topological polar surface area (TPSA) is 58.4 Å². The number of nitrogens with one attached hydrogen (secondary N) is 1. The Bertz CT molecular complexity index is 247. The van der Waals surface area contributed by atoms with Gasteiger partial charge >= 0.3 is 0 Å². The van der Waals surface area contributed by atoms with E-state index < -0.39 is 0 Å². The molecule has 0 spiro atoms. The first-order valence-electron chi connectivity index (χ1n) is 7.28. The molecule has 20 heavy (non-hydrogen) atoms. The fraction of sp³-hybridized carbons (Fsp3) is 0.929. The number of nitrogens with two attached hydrogens (primary N) is 1. The van der Waals surface area contributed by atoms with E-state index in [9.17, 15) is 4.79 Å². The number of unbranched alkanes of at least 4 members (excludes halogenated alkanes) is 3. The maximum Gasteiger partial charge on any atom is 0.220 e. The van der Waals surface area contributed by atoms with Gasteiger partial charge in [-0.05, 0) is 52.2 Å². The lowest BCUT2D eigenvalue weighted by Gasteiger charge is -2.24. The second-order valence-electron chi connectivity index (χ2n) is 5.63. The van der Waals surface area contributed by atoms with Gasteiger partial charge in [-0.15, -0.1) is 24.8 Å². The first kappa shape index (κ1) is 22.3. The van der Waals surface area contributed by atoms with Crippen LogP contribution in [-0.2, 0) is 4.79 Å². The summed E-state index contributed by atoms with van der Waals surface area (Å²) in [5.74, 6) is 1.00. The summed E-state index contributed by atoms with van der Waals surface area (Å²) < 4.78 is 0. The quantitative estimate of drug-likeness (QED) is 0.605. The average Bonchev–Trinajstić information content (AvgIpc) is 3.13. The number of carbonyl (C=O) groups is 1. The maximum absolute atomic E-state index is 11.7. The zero-order valence-electron chi connectivity index (χ0n) is 12.8. The Morgan fingerprint density at radius 3 is 2.30 bits per heavy atom. The molecule has 0 radical (unpaired) electrons. The summed E-state index contributed by atoms with van der Waals surface area (Å²) in [6.45, 7) is 1.57. The van der Waals surface area contributed by atoms with Crippen molar-refractivity contribution in [2.24, 2.45) is 11.7 Å². The van der Waals surface area contributed by atoms with Gasteiger partial charge in [0.1, 0.15) is 0 Å². The number of carbonyl (C=O) groups excluding carboxylic acids is 1. The smallest absolute Gasteiger partial charge is 0.220 e. The van der Waals surface area contributed by atoms with Crippen LogP contribution in [0.25, 0.3) is 0 Å². The van der Waals surface area contributed by atoms with E-state index in [1.807, 2.05) is 0 Å². The fourth-order valence-corrected chi connectivity index (χ4v) is 2.34. The Hall–Kier alpha value is -0.0300. The van der Waals surface area contributed by atoms with Gasteiger partial charge in [-0.3, -0.25) is 4.79 Å². The van der Waals surface area contributed by atoms with E-state index in [1.54, 1.807) is 0 Å². The molecule has 1 atom stereocenters. The molecule has 6 heteroatoms. The molecule has 0 bridgehead atoms. The van der Waals surface area contributed by atoms with Crippen LogP contribution in [0.15, 0.2) is 0 Å². The highest BCUT2D eigenvalue weighted by atomic mass is 35.5. The van der Waals surface area contributed by atoms with Crippen LogP contribution in [0.5, 0.6) is 0 Å². The molecule has 1 fully saturated rings. The molecule has 0 aliphatic heterocycles. The van der Waals surface area contributed by atoms with Gasteiger partial charge in [0.25, 0.3) is 0 Å². The first-order chi connectivity index (χ1) is 8.65. The third-order valence-corrected chi connectivity index (χ3v) is 3.70. The lowest BCUT2D eigenvalue weighted by molar-refractivity contribution is -0.121. The molecule has 0 heterocycles. The standard InChI is InChI=1S/C14H29N3O.2ClH/c1-17(2)13(12-8-9-12)11-16-14(18)7-5-3-4-6-10-15;;/h12-13H,3-11,15H2,1-2H3,(H,16,18);2*1H. The Labute approximate surface area is 136 Å². The van der Waals surface area contributed by atoms with Crippen molar-refractivity contribution in [2.75, 3.05) is 27.2 Å². The predicted molar refractivity (Wildman–Crippen MR) is 89.8 cm³/mol. The monoisotopic (exact) mass is 327 g/mol. The Balaban J connectivity index is 0. The lowest BCUT2D eigenvalue weighted by Crippen LogP contribution is -2.41. The van der Waals surface area contributed by atoms with Crippen LogP contribution >= 0.6 is 24.8 Å². The number of hydrogen-bond donors (Lipinski definition) is 2. The third-order valence-electron chi connectivity index (χ3n) is 3.70. The van der Waals surface area contributed by atoms with Crippen molar-refractivity contribution in [3.8, 4) is 0 Å². The van der Waals surface area contributed by atoms with Crippen LogP contribution < -0.4 is 11.1 Å². The molecule has 122 valence electrons. The molecule has 1 amide bonds. The second kappa shape index (κ2) is 12.7. The summed E-state index contributed by atoms with van der Waals surface area (Å²) in [6, 6.07) is 0.520. The molecule has 1 rings (SSSR count). The van der Waals surface area contributed by atoms with Gasteiger partial charge in [0.15, 0.2) is 0 Å². The van der Waals surface area contributed by atoms with Crippen molar-refractivity contribution in [2.45, 2.75) is 51.0 Å². The number of amides is 1. The van der Waals surface area contributed by atoms with Crippen molar-refractivity contribution in [3.63, 3.8) is 0 Å². The number of hydrogen-bond acceptors (Lipinski definition) is 3. The zero-order valence-corrected chi connectivity index (χ0v) is 14.4. The number of nitrogens with zero attached hydrogens (tertiary/aromatic N) is 1. The summed E-state index contributed by atoms with van der Waals surface area (Å²) in [4.78, 5) is 13.9. The van der Waals surface area contributed by atoms with Crippen LogP contribution in [0.2, 0.25) is 0 Å². The Morgan fingerprint density at radius 2 is 1.80 bits per heavy atom. The van der Waals surface area contributed by atoms with Crippen LogP contribution in [0.1, 0.15) is 44.9 Å². The summed E-state index contributed by atoms with van der Waals surface area (Å²) in [5, 5.41) is 3.07. The summed E-state index contributed by atoms with van der Waals surface area (Å²) in [6.07, 6.45) is 7.62. The Morgan fingerprint density at radius 1 is 1.20 bits per heavy atom. The van der Waals surface area contributed by atoms with Crippen molar-refractivity contribution in [1.82, 2.24) is 10.2 Å². The number of likely N-dealkylation sites (N-methyl/N-ethyl adjacent to an activating group) is 1. The van der Waals surface area contributed by atoms with Gasteiger partial charge in [0.05, 0.1) is 0 Å². The summed E-state index contributed by atoms with van der Waals surface area (Å²) in [5.41, 5.74) is 5.43. The first-order valence-corrected chi connectivity index (χ1v) is 7.28. The Kier molecular flexibility index (Phi) is 14.1. The fourth-order valence-electron chi connectivity index (χ4n) is 2.34. The highest BCUT2D eigenvalue weighted by molar-refractivity contribution is 5.85. The molecule has 1 aliphatic carbocycles. The maximum atomic E-state index is 11.7. The highest BCUT2D eigenvalue weighted by Gasteiger charge is 2.32. The van der Waals surface area contributed by atoms with Gasteiger partial charge in [-0.25, -0.2) is 0 Å². The van der Waals surface area contributed by atoms with E-state index in [-0.39, 0.29) is 30.7 Å². The van der Waals surface area contributed by atoms with Gasteiger partial charge in [-0.2, -0.15) is 0 Å².